The molecular weight excluding hydrogens is 296 g/mol. The molecule has 3 heteroatoms. The summed E-state index contributed by atoms with van der Waals surface area (Å²) >= 11 is 6.90. The van der Waals surface area contributed by atoms with E-state index in [1.807, 2.05) is 32.9 Å². The largest absolute Gasteiger partial charge is 0.490 e. The summed E-state index contributed by atoms with van der Waals surface area (Å²) in [6.45, 7) is 6.08. The molecule has 0 heterocycles. The molecule has 0 fully saturated rings. The van der Waals surface area contributed by atoms with Gasteiger partial charge in [0.1, 0.15) is 5.75 Å². The van der Waals surface area contributed by atoms with E-state index in [1.54, 1.807) is 0 Å². The molecule has 0 aliphatic heterocycles. The number of hydrogen-bond acceptors (Lipinski definition) is 1. The Balaban J connectivity index is 3.06. The molecule has 1 aromatic rings. The molecular formula is C10H12Br2O. The van der Waals surface area contributed by atoms with Crippen molar-refractivity contribution in [3.8, 4) is 5.75 Å². The Bertz CT molecular complexity index is 285. The van der Waals surface area contributed by atoms with Gasteiger partial charge in [0.15, 0.2) is 0 Å². The zero-order valence-electron chi connectivity index (χ0n) is 7.90. The molecule has 1 nitrogen and oxygen atoms in total. The molecule has 0 spiro atoms. The molecule has 0 N–H and O–H groups in total. The summed E-state index contributed by atoms with van der Waals surface area (Å²) < 4.78 is 7.72. The molecule has 1 aromatic carbocycles. The van der Waals surface area contributed by atoms with Crippen LogP contribution in [0.2, 0.25) is 0 Å². The van der Waals surface area contributed by atoms with E-state index in [1.165, 1.54) is 0 Å². The van der Waals surface area contributed by atoms with Gasteiger partial charge < -0.3 is 4.74 Å². The summed E-state index contributed by atoms with van der Waals surface area (Å²) in [5.74, 6) is 0.929. The predicted molar refractivity (Wildman–Crippen MR) is 62.3 cm³/mol. The molecule has 0 unspecified atom stereocenters. The minimum Gasteiger partial charge on any atom is -0.490 e. The molecule has 0 saturated heterocycles. The first kappa shape index (κ1) is 11.1. The van der Waals surface area contributed by atoms with Gasteiger partial charge in [-0.15, -0.1) is 0 Å². The molecule has 0 bridgehead atoms. The molecule has 1 rings (SSSR count). The van der Waals surface area contributed by atoms with Gasteiger partial charge in [-0.2, -0.15) is 0 Å². The Morgan fingerprint density at radius 1 is 1.23 bits per heavy atom. The zero-order chi connectivity index (χ0) is 10.0. The van der Waals surface area contributed by atoms with Gasteiger partial charge in [-0.1, -0.05) is 15.9 Å². The fourth-order valence-electron chi connectivity index (χ4n) is 1.07. The van der Waals surface area contributed by atoms with E-state index >= 15 is 0 Å². The first-order valence-corrected chi connectivity index (χ1v) is 5.71. The highest BCUT2D eigenvalue weighted by Gasteiger charge is 2.07. The van der Waals surface area contributed by atoms with E-state index in [0.29, 0.717) is 0 Å². The third-order valence-corrected chi connectivity index (χ3v) is 2.59. The maximum absolute atomic E-state index is 5.66. The quantitative estimate of drug-likeness (QED) is 0.791. The smallest absolute Gasteiger partial charge is 0.136 e. The zero-order valence-corrected chi connectivity index (χ0v) is 11.1. The van der Waals surface area contributed by atoms with Crippen molar-refractivity contribution in [2.45, 2.75) is 26.9 Å². The van der Waals surface area contributed by atoms with Crippen molar-refractivity contribution >= 4 is 31.9 Å². The number of aryl methyl sites for hydroxylation is 1. The van der Waals surface area contributed by atoms with Crippen molar-refractivity contribution in [2.75, 3.05) is 0 Å². The minimum atomic E-state index is 0.205. The van der Waals surface area contributed by atoms with E-state index < -0.39 is 0 Å². The fourth-order valence-corrected chi connectivity index (χ4v) is 2.61. The molecule has 0 atom stereocenters. The number of benzene rings is 1. The van der Waals surface area contributed by atoms with Crippen molar-refractivity contribution in [3.05, 3.63) is 26.6 Å². The first-order valence-electron chi connectivity index (χ1n) is 4.13. The van der Waals surface area contributed by atoms with Crippen LogP contribution in [0.5, 0.6) is 5.75 Å². The first-order chi connectivity index (χ1) is 6.00. The Morgan fingerprint density at radius 2 is 1.85 bits per heavy atom. The Morgan fingerprint density at radius 3 is 2.31 bits per heavy atom. The average Bonchev–Trinajstić information content (AvgIpc) is 1.96. The van der Waals surface area contributed by atoms with Gasteiger partial charge in [0.05, 0.1) is 10.6 Å². The van der Waals surface area contributed by atoms with Crippen molar-refractivity contribution < 1.29 is 4.74 Å². The molecule has 13 heavy (non-hydrogen) atoms. The van der Waals surface area contributed by atoms with Crippen LogP contribution in [0, 0.1) is 6.92 Å². The number of rotatable bonds is 2. The van der Waals surface area contributed by atoms with Crippen LogP contribution in [-0.4, -0.2) is 6.10 Å². The van der Waals surface area contributed by atoms with Gasteiger partial charge in [-0.25, -0.2) is 0 Å². The van der Waals surface area contributed by atoms with Crippen LogP contribution in [0.15, 0.2) is 21.1 Å². The minimum absolute atomic E-state index is 0.205. The number of ether oxygens (including phenoxy) is 1. The van der Waals surface area contributed by atoms with E-state index in [-0.39, 0.29) is 6.10 Å². The normalized spacial score (nSPS) is 10.6. The van der Waals surface area contributed by atoms with Crippen LogP contribution in [0.3, 0.4) is 0 Å². The van der Waals surface area contributed by atoms with Crippen molar-refractivity contribution in [1.82, 2.24) is 0 Å². The van der Waals surface area contributed by atoms with Crippen molar-refractivity contribution in [1.29, 1.82) is 0 Å². The van der Waals surface area contributed by atoms with Gasteiger partial charge in [0.25, 0.3) is 0 Å². The van der Waals surface area contributed by atoms with Crippen LogP contribution in [0.25, 0.3) is 0 Å². The fraction of sp³-hybridized carbons (Fsp3) is 0.400. The molecule has 72 valence electrons. The lowest BCUT2D eigenvalue weighted by Gasteiger charge is -2.14. The molecule has 0 aliphatic rings. The summed E-state index contributed by atoms with van der Waals surface area (Å²) in [6, 6.07) is 4.03. The standard InChI is InChI=1S/C10H12Br2O/c1-6(2)13-10-7(3)4-8(11)5-9(10)12/h4-6H,1-3H3. The van der Waals surface area contributed by atoms with E-state index in [9.17, 15) is 0 Å². The Hall–Kier alpha value is -0.0200. The Labute approximate surface area is 95.7 Å². The lowest BCUT2D eigenvalue weighted by Crippen LogP contribution is -2.07. The van der Waals surface area contributed by atoms with Gasteiger partial charge in [-0.05, 0) is 54.4 Å². The second kappa shape index (κ2) is 4.47. The monoisotopic (exact) mass is 306 g/mol. The lowest BCUT2D eigenvalue weighted by atomic mass is 10.2. The number of hydrogen-bond donors (Lipinski definition) is 0. The van der Waals surface area contributed by atoms with Crippen LogP contribution < -0.4 is 4.74 Å². The predicted octanol–water partition coefficient (Wildman–Crippen LogP) is 4.31. The SMILES string of the molecule is Cc1cc(Br)cc(Br)c1OC(C)C. The van der Waals surface area contributed by atoms with E-state index in [4.69, 9.17) is 4.74 Å². The molecule has 0 amide bonds. The molecule has 0 radical (unpaired) electrons. The topological polar surface area (TPSA) is 9.23 Å². The summed E-state index contributed by atoms with van der Waals surface area (Å²) in [7, 11) is 0. The molecule has 0 saturated carbocycles. The second-order valence-electron chi connectivity index (χ2n) is 3.20. The van der Waals surface area contributed by atoms with Gasteiger partial charge in [0.2, 0.25) is 0 Å². The van der Waals surface area contributed by atoms with Crippen molar-refractivity contribution in [2.24, 2.45) is 0 Å². The molecule has 0 aromatic heterocycles. The maximum atomic E-state index is 5.66. The summed E-state index contributed by atoms with van der Waals surface area (Å²) in [5, 5.41) is 0. The van der Waals surface area contributed by atoms with Crippen LogP contribution in [0.1, 0.15) is 19.4 Å². The highest BCUT2D eigenvalue weighted by molar-refractivity contribution is 9.11. The second-order valence-corrected chi connectivity index (χ2v) is 4.97. The van der Waals surface area contributed by atoms with Gasteiger partial charge in [-0.3, -0.25) is 0 Å². The van der Waals surface area contributed by atoms with Crippen LogP contribution >= 0.6 is 31.9 Å². The maximum Gasteiger partial charge on any atom is 0.136 e. The highest BCUT2D eigenvalue weighted by atomic mass is 79.9. The van der Waals surface area contributed by atoms with E-state index in [2.05, 4.69) is 31.9 Å². The van der Waals surface area contributed by atoms with Gasteiger partial charge in [0, 0.05) is 4.47 Å². The van der Waals surface area contributed by atoms with Crippen molar-refractivity contribution in [3.63, 3.8) is 0 Å². The summed E-state index contributed by atoms with van der Waals surface area (Å²) in [5.41, 5.74) is 1.13. The third kappa shape index (κ3) is 2.99. The van der Waals surface area contributed by atoms with Gasteiger partial charge >= 0.3 is 0 Å². The average molecular weight is 308 g/mol. The summed E-state index contributed by atoms with van der Waals surface area (Å²) in [6.07, 6.45) is 0.205. The summed E-state index contributed by atoms with van der Waals surface area (Å²) in [4.78, 5) is 0. The number of halogens is 2. The third-order valence-electron chi connectivity index (χ3n) is 1.55. The van der Waals surface area contributed by atoms with Crippen LogP contribution in [0.4, 0.5) is 0 Å². The molecule has 0 aliphatic carbocycles. The van der Waals surface area contributed by atoms with E-state index in [0.717, 1.165) is 20.3 Å². The van der Waals surface area contributed by atoms with Crippen LogP contribution in [-0.2, 0) is 0 Å². The Kier molecular flexibility index (Phi) is 3.80. The highest BCUT2D eigenvalue weighted by Crippen LogP contribution is 2.32. The lowest BCUT2D eigenvalue weighted by molar-refractivity contribution is 0.239.